The van der Waals surface area contributed by atoms with Crippen molar-refractivity contribution in [3.05, 3.63) is 65.7 Å². The molecule has 6 heteroatoms. The van der Waals surface area contributed by atoms with Gasteiger partial charge in [-0.05, 0) is 38.3 Å². The first kappa shape index (κ1) is 22.5. The molecule has 1 N–H and O–H groups in total. The maximum Gasteiger partial charge on any atom is 0.254 e. The lowest BCUT2D eigenvalue weighted by Gasteiger charge is -2.25. The van der Waals surface area contributed by atoms with E-state index in [1.165, 1.54) is 18.4 Å². The molecule has 0 aliphatic carbocycles. The van der Waals surface area contributed by atoms with Crippen molar-refractivity contribution in [3.63, 3.8) is 0 Å². The molecule has 2 saturated heterocycles. The van der Waals surface area contributed by atoms with Crippen LogP contribution in [0.1, 0.15) is 35.2 Å². The van der Waals surface area contributed by atoms with Crippen LogP contribution in [0.25, 0.3) is 22.2 Å². The quantitative estimate of drug-likeness (QED) is 0.604. The van der Waals surface area contributed by atoms with Gasteiger partial charge in [0.25, 0.3) is 5.91 Å². The summed E-state index contributed by atoms with van der Waals surface area (Å²) in [5.41, 5.74) is 4.75. The molecule has 2 bridgehead atoms. The smallest absolute Gasteiger partial charge is 0.254 e. The number of amides is 1. The van der Waals surface area contributed by atoms with Gasteiger partial charge in [0, 0.05) is 36.1 Å². The summed E-state index contributed by atoms with van der Waals surface area (Å²) in [6.07, 6.45) is 3.44. The van der Waals surface area contributed by atoms with Gasteiger partial charge in [-0.1, -0.05) is 48.0 Å². The zero-order valence-corrected chi connectivity index (χ0v) is 18.6. The molecule has 1 amide bonds. The normalized spacial score (nSPS) is 20.2. The fourth-order valence-corrected chi connectivity index (χ4v) is 4.52. The van der Waals surface area contributed by atoms with E-state index >= 15 is 0 Å². The number of nitrogens with zero attached hydrogens (tertiary/aromatic N) is 2. The topological polar surface area (TPSA) is 45.2 Å². The van der Waals surface area contributed by atoms with E-state index in [-0.39, 0.29) is 30.7 Å². The number of hydrogen-bond donors (Lipinski definition) is 1. The van der Waals surface area contributed by atoms with Crippen LogP contribution in [0.5, 0.6) is 0 Å². The van der Waals surface area contributed by atoms with Crippen LogP contribution in [0.4, 0.5) is 0 Å². The molecule has 30 heavy (non-hydrogen) atoms. The Labute approximate surface area is 189 Å². The Morgan fingerprint density at radius 2 is 1.73 bits per heavy atom. The van der Waals surface area contributed by atoms with Crippen LogP contribution < -0.4 is 5.32 Å². The maximum atomic E-state index is 13.6. The minimum atomic E-state index is 0. The van der Waals surface area contributed by atoms with Crippen LogP contribution in [0.15, 0.2) is 54.6 Å². The first-order chi connectivity index (χ1) is 13.7. The molecular formula is C24H27Cl2N3O. The van der Waals surface area contributed by atoms with E-state index in [4.69, 9.17) is 4.98 Å². The number of aromatic nitrogens is 1. The molecule has 3 aromatic rings. The van der Waals surface area contributed by atoms with Crippen molar-refractivity contribution in [1.29, 1.82) is 0 Å². The number of para-hydroxylation sites is 1. The summed E-state index contributed by atoms with van der Waals surface area (Å²) >= 11 is 0. The van der Waals surface area contributed by atoms with Gasteiger partial charge in [0.2, 0.25) is 0 Å². The number of carbonyl (C=O) groups excluding carboxylic acids is 1. The molecule has 1 aromatic heterocycles. The van der Waals surface area contributed by atoms with Crippen molar-refractivity contribution in [1.82, 2.24) is 15.2 Å². The van der Waals surface area contributed by atoms with Crippen LogP contribution in [0.3, 0.4) is 0 Å². The summed E-state index contributed by atoms with van der Waals surface area (Å²) in [6, 6.07) is 19.3. The number of hydrogen-bond acceptors (Lipinski definition) is 3. The number of likely N-dealkylation sites (tertiary alicyclic amines) is 1. The minimum Gasteiger partial charge on any atom is -0.337 e. The average Bonchev–Trinajstić information content (AvgIpc) is 3.06. The average molecular weight is 444 g/mol. The molecule has 0 saturated carbocycles. The van der Waals surface area contributed by atoms with Crippen molar-refractivity contribution in [3.8, 4) is 11.3 Å². The number of carbonyl (C=O) groups is 1. The lowest BCUT2D eigenvalue weighted by atomic mass is 10.0. The van der Waals surface area contributed by atoms with Crippen LogP contribution in [0, 0.1) is 6.92 Å². The van der Waals surface area contributed by atoms with Crippen molar-refractivity contribution >= 4 is 41.6 Å². The highest BCUT2D eigenvalue weighted by atomic mass is 35.5. The number of benzene rings is 2. The fraction of sp³-hybridized carbons (Fsp3) is 0.333. The SMILES string of the molecule is Cc1ccc(-c2cc(C(=O)N3CCC4CCC(C3)N4)c3ccccc3n2)cc1.Cl.Cl. The third-order valence-corrected chi connectivity index (χ3v) is 6.10. The second kappa shape index (κ2) is 9.34. The summed E-state index contributed by atoms with van der Waals surface area (Å²) in [6.45, 7) is 3.70. The Morgan fingerprint density at radius 1 is 1.00 bits per heavy atom. The number of fused-ring (bicyclic) bond motifs is 3. The molecule has 158 valence electrons. The van der Waals surface area contributed by atoms with Gasteiger partial charge in [-0.3, -0.25) is 4.79 Å². The summed E-state index contributed by atoms with van der Waals surface area (Å²) in [4.78, 5) is 20.4. The van der Waals surface area contributed by atoms with E-state index in [1.807, 2.05) is 35.2 Å². The Hall–Kier alpha value is -2.14. The van der Waals surface area contributed by atoms with Gasteiger partial charge in [-0.15, -0.1) is 24.8 Å². The van der Waals surface area contributed by atoms with Crippen LogP contribution >= 0.6 is 24.8 Å². The summed E-state index contributed by atoms with van der Waals surface area (Å²) in [7, 11) is 0. The largest absolute Gasteiger partial charge is 0.337 e. The predicted molar refractivity (Wildman–Crippen MR) is 127 cm³/mol. The Morgan fingerprint density at radius 3 is 2.53 bits per heavy atom. The number of rotatable bonds is 2. The lowest BCUT2D eigenvalue weighted by molar-refractivity contribution is 0.0750. The van der Waals surface area contributed by atoms with E-state index < -0.39 is 0 Å². The molecule has 2 atom stereocenters. The predicted octanol–water partition coefficient (Wildman–Crippen LogP) is 5.02. The Bertz CT molecular complexity index is 1040. The van der Waals surface area contributed by atoms with Crippen molar-refractivity contribution in [2.24, 2.45) is 0 Å². The van der Waals surface area contributed by atoms with E-state index in [0.717, 1.165) is 47.2 Å². The number of aryl methyl sites for hydroxylation is 1. The summed E-state index contributed by atoms with van der Waals surface area (Å²) in [5.74, 6) is 0.126. The lowest BCUT2D eigenvalue weighted by Crippen LogP contribution is -2.39. The van der Waals surface area contributed by atoms with Gasteiger partial charge < -0.3 is 10.2 Å². The van der Waals surface area contributed by atoms with Crippen molar-refractivity contribution < 1.29 is 4.79 Å². The number of pyridine rings is 1. The highest BCUT2D eigenvalue weighted by Crippen LogP contribution is 2.28. The molecule has 0 radical (unpaired) electrons. The van der Waals surface area contributed by atoms with Gasteiger partial charge in [-0.2, -0.15) is 0 Å². The molecule has 3 heterocycles. The van der Waals surface area contributed by atoms with Gasteiger partial charge in [0.1, 0.15) is 0 Å². The minimum absolute atomic E-state index is 0. The molecule has 5 rings (SSSR count). The molecule has 2 unspecified atom stereocenters. The van der Waals surface area contributed by atoms with Crippen LogP contribution in [0.2, 0.25) is 0 Å². The zero-order valence-electron chi connectivity index (χ0n) is 17.0. The second-order valence-electron chi connectivity index (χ2n) is 8.12. The number of halogens is 2. The Balaban J connectivity index is 0.00000128. The van der Waals surface area contributed by atoms with Gasteiger partial charge in [0.05, 0.1) is 16.8 Å². The molecule has 4 nitrogen and oxygen atoms in total. The first-order valence-corrected chi connectivity index (χ1v) is 10.2. The highest BCUT2D eigenvalue weighted by Gasteiger charge is 2.32. The standard InChI is InChI=1S/C24H25N3O.2ClH/c1-16-6-8-17(9-7-16)23-14-21(20-4-2-3-5-22(20)26-23)24(28)27-13-12-18-10-11-19(15-27)25-18;;/h2-9,14,18-19,25H,10-13,15H2,1H3;2*1H. The Kier molecular flexibility index (Phi) is 7.02. The third-order valence-electron chi connectivity index (χ3n) is 6.10. The zero-order chi connectivity index (χ0) is 19.1. The van der Waals surface area contributed by atoms with Gasteiger partial charge >= 0.3 is 0 Å². The molecular weight excluding hydrogens is 417 g/mol. The maximum absolute atomic E-state index is 13.6. The van der Waals surface area contributed by atoms with Crippen LogP contribution in [-0.2, 0) is 0 Å². The third kappa shape index (κ3) is 4.31. The number of nitrogens with one attached hydrogen (secondary N) is 1. The van der Waals surface area contributed by atoms with Crippen molar-refractivity contribution in [2.75, 3.05) is 13.1 Å². The summed E-state index contributed by atoms with van der Waals surface area (Å²) in [5, 5.41) is 4.60. The van der Waals surface area contributed by atoms with Crippen LogP contribution in [-0.4, -0.2) is 41.0 Å². The highest BCUT2D eigenvalue weighted by molar-refractivity contribution is 6.07. The van der Waals surface area contributed by atoms with Gasteiger partial charge in [-0.25, -0.2) is 4.98 Å². The first-order valence-electron chi connectivity index (χ1n) is 10.2. The molecule has 0 spiro atoms. The summed E-state index contributed by atoms with van der Waals surface area (Å²) < 4.78 is 0. The molecule has 2 aliphatic rings. The van der Waals surface area contributed by atoms with E-state index in [9.17, 15) is 4.79 Å². The molecule has 2 aromatic carbocycles. The van der Waals surface area contributed by atoms with E-state index in [0.29, 0.717) is 12.1 Å². The second-order valence-corrected chi connectivity index (χ2v) is 8.12. The molecule has 2 fully saturated rings. The van der Waals surface area contributed by atoms with Gasteiger partial charge in [0.15, 0.2) is 0 Å². The van der Waals surface area contributed by atoms with E-state index in [2.05, 4.69) is 36.5 Å². The fourth-order valence-electron chi connectivity index (χ4n) is 4.52. The van der Waals surface area contributed by atoms with Crippen molar-refractivity contribution in [2.45, 2.75) is 38.3 Å². The monoisotopic (exact) mass is 443 g/mol. The van der Waals surface area contributed by atoms with E-state index in [1.54, 1.807) is 0 Å². The molecule has 2 aliphatic heterocycles.